The first-order valence-electron chi connectivity index (χ1n) is 13.3. The van der Waals surface area contributed by atoms with Crippen molar-refractivity contribution in [3.63, 3.8) is 0 Å². The number of esters is 1. The standard InChI is InChI=1S/C28H50O4/c1-3-5-6-7-8-9-10-11-12-13-14-15-16-17-18-19-20-21-22-23-26(28(30)31)25-27(29)32-24-4-2/h4,15-16,26H,2-3,5-14,17-25H2,1H3,(H,30,31)/b16-15+. The maximum Gasteiger partial charge on any atom is 0.307 e. The topological polar surface area (TPSA) is 63.6 Å². The fourth-order valence-corrected chi connectivity index (χ4v) is 3.89. The van der Waals surface area contributed by atoms with Gasteiger partial charge in [-0.15, -0.1) is 0 Å². The van der Waals surface area contributed by atoms with E-state index in [0.717, 1.165) is 25.7 Å². The summed E-state index contributed by atoms with van der Waals surface area (Å²) in [5.74, 6) is -2.00. The minimum absolute atomic E-state index is 0.0486. The summed E-state index contributed by atoms with van der Waals surface area (Å²) in [6.07, 6.45) is 28.3. The molecule has 1 atom stereocenters. The number of carboxylic acids is 1. The highest BCUT2D eigenvalue weighted by Gasteiger charge is 2.21. The summed E-state index contributed by atoms with van der Waals surface area (Å²) in [4.78, 5) is 22.9. The van der Waals surface area contributed by atoms with Crippen LogP contribution in [0.1, 0.15) is 129 Å². The number of allylic oxidation sites excluding steroid dienone is 2. The molecule has 1 N–H and O–H groups in total. The van der Waals surface area contributed by atoms with Crippen LogP contribution in [0.2, 0.25) is 0 Å². The van der Waals surface area contributed by atoms with Crippen molar-refractivity contribution in [1.82, 2.24) is 0 Å². The van der Waals surface area contributed by atoms with Gasteiger partial charge in [0.25, 0.3) is 0 Å². The number of ether oxygens (including phenoxy) is 1. The summed E-state index contributed by atoms with van der Waals surface area (Å²) in [7, 11) is 0. The molecule has 0 fully saturated rings. The highest BCUT2D eigenvalue weighted by Crippen LogP contribution is 2.17. The molecule has 0 aliphatic heterocycles. The van der Waals surface area contributed by atoms with Gasteiger partial charge in [0.15, 0.2) is 0 Å². The number of carboxylic acid groups (broad SMARTS) is 1. The third kappa shape index (κ3) is 21.6. The first kappa shape index (κ1) is 30.4. The first-order chi connectivity index (χ1) is 15.6. The van der Waals surface area contributed by atoms with Gasteiger partial charge < -0.3 is 9.84 Å². The molecule has 0 radical (unpaired) electrons. The van der Waals surface area contributed by atoms with E-state index in [9.17, 15) is 14.7 Å². The number of aliphatic carboxylic acids is 1. The molecule has 4 heteroatoms. The minimum atomic E-state index is -0.909. The second kappa shape index (κ2) is 24.1. The monoisotopic (exact) mass is 450 g/mol. The summed E-state index contributed by atoms with van der Waals surface area (Å²) >= 11 is 0. The highest BCUT2D eigenvalue weighted by atomic mass is 16.5. The second-order valence-electron chi connectivity index (χ2n) is 9.00. The molecule has 0 saturated heterocycles. The molecule has 0 bridgehead atoms. The molecule has 0 aromatic heterocycles. The van der Waals surface area contributed by atoms with Crippen molar-refractivity contribution in [3.05, 3.63) is 24.8 Å². The Bertz CT molecular complexity index is 484. The van der Waals surface area contributed by atoms with Crippen LogP contribution in [-0.4, -0.2) is 23.7 Å². The van der Waals surface area contributed by atoms with Crippen molar-refractivity contribution in [1.29, 1.82) is 0 Å². The van der Waals surface area contributed by atoms with Gasteiger partial charge in [-0.25, -0.2) is 0 Å². The highest BCUT2D eigenvalue weighted by molar-refractivity contribution is 5.78. The summed E-state index contributed by atoms with van der Waals surface area (Å²) in [6.45, 7) is 5.89. The van der Waals surface area contributed by atoms with Crippen LogP contribution in [0.15, 0.2) is 24.8 Å². The number of hydrogen-bond donors (Lipinski definition) is 1. The van der Waals surface area contributed by atoms with E-state index in [1.165, 1.54) is 89.5 Å². The molecule has 0 aliphatic rings. The molecule has 0 amide bonds. The Morgan fingerprint density at radius 2 is 1.25 bits per heavy atom. The van der Waals surface area contributed by atoms with Gasteiger partial charge in [-0.1, -0.05) is 115 Å². The van der Waals surface area contributed by atoms with E-state index < -0.39 is 17.9 Å². The number of hydrogen-bond acceptors (Lipinski definition) is 3. The Hall–Kier alpha value is -1.58. The molecule has 0 heterocycles. The molecular weight excluding hydrogens is 400 g/mol. The molecule has 0 spiro atoms. The van der Waals surface area contributed by atoms with Crippen molar-refractivity contribution in [3.8, 4) is 0 Å². The molecule has 1 unspecified atom stereocenters. The van der Waals surface area contributed by atoms with Crippen molar-refractivity contribution < 1.29 is 19.4 Å². The molecule has 0 saturated carbocycles. The van der Waals surface area contributed by atoms with E-state index in [1.807, 2.05) is 0 Å². The lowest BCUT2D eigenvalue weighted by Crippen LogP contribution is -2.19. The van der Waals surface area contributed by atoms with E-state index in [1.54, 1.807) is 0 Å². The maximum atomic E-state index is 11.6. The summed E-state index contributed by atoms with van der Waals surface area (Å²) in [5, 5.41) is 9.26. The van der Waals surface area contributed by atoms with Gasteiger partial charge in [-0.05, 0) is 32.1 Å². The van der Waals surface area contributed by atoms with Gasteiger partial charge in [-0.3, -0.25) is 9.59 Å². The Morgan fingerprint density at radius 1 is 0.781 bits per heavy atom. The molecule has 32 heavy (non-hydrogen) atoms. The average Bonchev–Trinajstić information content (AvgIpc) is 2.78. The van der Waals surface area contributed by atoms with Gasteiger partial charge in [-0.2, -0.15) is 0 Å². The normalized spacial score (nSPS) is 12.2. The Labute approximate surface area is 197 Å². The predicted molar refractivity (Wildman–Crippen MR) is 135 cm³/mol. The van der Waals surface area contributed by atoms with E-state index >= 15 is 0 Å². The SMILES string of the molecule is C=CCOC(=O)CC(CCCCCCC/C=C/CCCCCCCCCCCC)C(=O)O. The van der Waals surface area contributed by atoms with E-state index in [-0.39, 0.29) is 13.0 Å². The quantitative estimate of drug-likeness (QED) is 0.0910. The molecule has 0 aromatic rings. The van der Waals surface area contributed by atoms with Crippen LogP contribution < -0.4 is 0 Å². The predicted octanol–water partition coefficient (Wildman–Crippen LogP) is 8.40. The molecule has 0 aromatic carbocycles. The van der Waals surface area contributed by atoms with Crippen LogP contribution in [0.3, 0.4) is 0 Å². The van der Waals surface area contributed by atoms with E-state index in [2.05, 4.69) is 25.7 Å². The molecular formula is C28H50O4. The Morgan fingerprint density at radius 3 is 1.72 bits per heavy atom. The zero-order valence-corrected chi connectivity index (χ0v) is 20.8. The molecule has 0 aliphatic carbocycles. The lowest BCUT2D eigenvalue weighted by Gasteiger charge is -2.11. The number of carbonyl (C=O) groups is 2. The van der Waals surface area contributed by atoms with Gasteiger partial charge >= 0.3 is 11.9 Å². The second-order valence-corrected chi connectivity index (χ2v) is 9.00. The third-order valence-electron chi connectivity index (χ3n) is 5.94. The summed E-state index contributed by atoms with van der Waals surface area (Å²) < 4.78 is 4.89. The summed E-state index contributed by atoms with van der Waals surface area (Å²) in [6, 6.07) is 0. The third-order valence-corrected chi connectivity index (χ3v) is 5.94. The van der Waals surface area contributed by atoms with Gasteiger partial charge in [0.2, 0.25) is 0 Å². The van der Waals surface area contributed by atoms with Crippen molar-refractivity contribution in [2.75, 3.05) is 6.61 Å². The van der Waals surface area contributed by atoms with Gasteiger partial charge in [0.05, 0.1) is 12.3 Å². The molecule has 186 valence electrons. The van der Waals surface area contributed by atoms with Crippen molar-refractivity contribution >= 4 is 11.9 Å². The Kier molecular flexibility index (Phi) is 22.9. The van der Waals surface area contributed by atoms with E-state index in [4.69, 9.17) is 4.74 Å². The van der Waals surface area contributed by atoms with Gasteiger partial charge in [0, 0.05) is 0 Å². The van der Waals surface area contributed by atoms with Crippen molar-refractivity contribution in [2.45, 2.75) is 129 Å². The van der Waals surface area contributed by atoms with Crippen LogP contribution in [0.25, 0.3) is 0 Å². The molecule has 4 nitrogen and oxygen atoms in total. The van der Waals surface area contributed by atoms with Crippen LogP contribution in [0.4, 0.5) is 0 Å². The van der Waals surface area contributed by atoms with E-state index in [0.29, 0.717) is 6.42 Å². The number of unbranched alkanes of at least 4 members (excludes halogenated alkanes) is 15. The maximum absolute atomic E-state index is 11.6. The fourth-order valence-electron chi connectivity index (χ4n) is 3.89. The zero-order valence-electron chi connectivity index (χ0n) is 20.8. The van der Waals surface area contributed by atoms with Crippen LogP contribution in [0, 0.1) is 5.92 Å². The largest absolute Gasteiger partial charge is 0.481 e. The van der Waals surface area contributed by atoms with Crippen LogP contribution in [-0.2, 0) is 14.3 Å². The van der Waals surface area contributed by atoms with Crippen molar-refractivity contribution in [2.24, 2.45) is 5.92 Å². The lowest BCUT2D eigenvalue weighted by atomic mass is 9.97. The Balaban J connectivity index is 3.46. The lowest BCUT2D eigenvalue weighted by molar-refractivity contribution is -0.151. The molecule has 0 rings (SSSR count). The van der Waals surface area contributed by atoms with Crippen LogP contribution in [0.5, 0.6) is 0 Å². The average molecular weight is 451 g/mol. The van der Waals surface area contributed by atoms with Crippen LogP contribution >= 0.6 is 0 Å². The first-order valence-corrected chi connectivity index (χ1v) is 13.3. The fraction of sp³-hybridized carbons (Fsp3) is 0.786. The number of carbonyl (C=O) groups excluding carboxylic acids is 1. The smallest absolute Gasteiger partial charge is 0.307 e. The minimum Gasteiger partial charge on any atom is -0.481 e. The zero-order chi connectivity index (χ0) is 23.7. The number of rotatable bonds is 24. The summed E-state index contributed by atoms with van der Waals surface area (Å²) in [5.41, 5.74) is 0. The van der Waals surface area contributed by atoms with Gasteiger partial charge in [0.1, 0.15) is 6.61 Å².